The Morgan fingerprint density at radius 2 is 1.74 bits per heavy atom. The lowest BCUT2D eigenvalue weighted by Gasteiger charge is -2.05. The van der Waals surface area contributed by atoms with Crippen molar-refractivity contribution in [3.63, 3.8) is 0 Å². The molecule has 0 spiro atoms. The minimum Gasteiger partial charge on any atom is -0.497 e. The average Bonchev–Trinajstić information content (AvgIpc) is 3.54. The zero-order valence-corrected chi connectivity index (χ0v) is 17.6. The summed E-state index contributed by atoms with van der Waals surface area (Å²) in [7, 11) is 3.26. The molecule has 0 aliphatic heterocycles. The van der Waals surface area contributed by atoms with Crippen molar-refractivity contribution in [2.24, 2.45) is 0 Å². The van der Waals surface area contributed by atoms with E-state index in [2.05, 4.69) is 25.5 Å². The minimum atomic E-state index is 0.320. The lowest BCUT2D eigenvalue weighted by molar-refractivity contribution is 0.301. The van der Waals surface area contributed by atoms with Gasteiger partial charge in [0.15, 0.2) is 5.01 Å². The Balaban J connectivity index is 1.36. The average molecular weight is 434 g/mol. The van der Waals surface area contributed by atoms with Gasteiger partial charge in [-0.1, -0.05) is 17.4 Å². The summed E-state index contributed by atoms with van der Waals surface area (Å²) >= 11 is 1.42. The quantitative estimate of drug-likeness (QED) is 0.415. The van der Waals surface area contributed by atoms with Crippen LogP contribution in [0.15, 0.2) is 54.6 Å². The molecule has 2 aromatic carbocycles. The molecule has 10 heteroatoms. The number of hydrogen-bond acceptors (Lipinski definition) is 8. The Bertz CT molecular complexity index is 1320. The van der Waals surface area contributed by atoms with Crippen molar-refractivity contribution in [3.8, 4) is 40.0 Å². The molecule has 1 N–H and O–H groups in total. The fourth-order valence-corrected chi connectivity index (χ4v) is 3.81. The molecule has 0 saturated heterocycles. The summed E-state index contributed by atoms with van der Waals surface area (Å²) in [6.07, 6.45) is 0. The molecular formula is C21H18N6O3S. The molecule has 0 radical (unpaired) electrons. The van der Waals surface area contributed by atoms with E-state index in [1.54, 1.807) is 18.7 Å². The van der Waals surface area contributed by atoms with Gasteiger partial charge in [-0.3, -0.25) is 5.10 Å². The molecule has 31 heavy (non-hydrogen) atoms. The second kappa shape index (κ2) is 8.07. The Morgan fingerprint density at radius 3 is 2.55 bits per heavy atom. The number of aromatic amines is 1. The van der Waals surface area contributed by atoms with Crippen molar-refractivity contribution >= 4 is 16.3 Å². The molecule has 5 rings (SSSR count). The third-order valence-corrected chi connectivity index (χ3v) is 5.51. The number of fused-ring (bicyclic) bond motifs is 1. The Hall–Kier alpha value is -3.92. The summed E-state index contributed by atoms with van der Waals surface area (Å²) in [5, 5.41) is 21.3. The largest absolute Gasteiger partial charge is 0.497 e. The van der Waals surface area contributed by atoms with E-state index in [0.29, 0.717) is 23.1 Å². The van der Waals surface area contributed by atoms with Gasteiger partial charge < -0.3 is 14.2 Å². The fourth-order valence-electron chi connectivity index (χ4n) is 3.06. The minimum absolute atomic E-state index is 0.320. The van der Waals surface area contributed by atoms with Gasteiger partial charge in [0.05, 0.1) is 19.9 Å². The fraction of sp³-hybridized carbons (Fsp3) is 0.143. The highest BCUT2D eigenvalue weighted by Gasteiger charge is 2.16. The van der Waals surface area contributed by atoms with Crippen LogP contribution >= 0.6 is 11.3 Å². The third kappa shape index (κ3) is 3.80. The molecule has 0 aliphatic rings. The smallest absolute Gasteiger partial charge is 0.235 e. The summed E-state index contributed by atoms with van der Waals surface area (Å²) in [5.41, 5.74) is 2.49. The van der Waals surface area contributed by atoms with Gasteiger partial charge >= 0.3 is 0 Å². The van der Waals surface area contributed by atoms with Crippen molar-refractivity contribution in [2.75, 3.05) is 14.2 Å². The van der Waals surface area contributed by atoms with Crippen molar-refractivity contribution in [3.05, 3.63) is 59.6 Å². The van der Waals surface area contributed by atoms with Crippen LogP contribution in [-0.2, 0) is 6.61 Å². The summed E-state index contributed by atoms with van der Waals surface area (Å²) in [6.45, 7) is 0.320. The number of benzene rings is 2. The van der Waals surface area contributed by atoms with Gasteiger partial charge in [-0.15, -0.1) is 10.2 Å². The first kappa shape index (κ1) is 19.1. The second-order valence-corrected chi connectivity index (χ2v) is 7.62. The maximum atomic E-state index is 5.84. The monoisotopic (exact) mass is 434 g/mol. The van der Waals surface area contributed by atoms with Gasteiger partial charge in [-0.25, -0.2) is 0 Å². The van der Waals surface area contributed by atoms with Crippen molar-refractivity contribution in [2.45, 2.75) is 6.61 Å². The first-order valence-electron chi connectivity index (χ1n) is 9.41. The van der Waals surface area contributed by atoms with Crippen LogP contribution in [-0.4, -0.2) is 44.2 Å². The molecule has 9 nitrogen and oxygen atoms in total. The van der Waals surface area contributed by atoms with Crippen LogP contribution in [0.3, 0.4) is 0 Å². The van der Waals surface area contributed by atoms with E-state index in [0.717, 1.165) is 33.5 Å². The predicted octanol–water partition coefficient (Wildman–Crippen LogP) is 3.84. The first-order chi connectivity index (χ1) is 15.2. The maximum absolute atomic E-state index is 5.84. The summed E-state index contributed by atoms with van der Waals surface area (Å²) in [6, 6.07) is 17.1. The van der Waals surface area contributed by atoms with Gasteiger partial charge in [0.1, 0.15) is 29.5 Å². The zero-order chi connectivity index (χ0) is 21.2. The van der Waals surface area contributed by atoms with Gasteiger partial charge in [0.2, 0.25) is 10.8 Å². The van der Waals surface area contributed by atoms with Crippen LogP contribution < -0.4 is 14.2 Å². The highest BCUT2D eigenvalue weighted by molar-refractivity contribution is 7.16. The number of aromatic nitrogens is 6. The van der Waals surface area contributed by atoms with Gasteiger partial charge in [-0.05, 0) is 42.5 Å². The van der Waals surface area contributed by atoms with Crippen LogP contribution in [0.5, 0.6) is 17.2 Å². The number of methoxy groups -OCH3 is 2. The topological polar surface area (TPSA) is 99.5 Å². The van der Waals surface area contributed by atoms with E-state index < -0.39 is 0 Å². The predicted molar refractivity (Wildman–Crippen MR) is 116 cm³/mol. The van der Waals surface area contributed by atoms with E-state index in [4.69, 9.17) is 14.2 Å². The Morgan fingerprint density at radius 1 is 0.935 bits per heavy atom. The standard InChI is InChI=1S/C21H18N6O3S/c1-28-14-8-6-13(7-9-14)17-11-18(23-22-17)20-24-25-21-27(20)26-19(31-21)12-30-16-5-3-4-15(10-16)29-2/h3-11H,12H2,1-2H3,(H,22,23). The summed E-state index contributed by atoms with van der Waals surface area (Å²) < 4.78 is 18.0. The lowest BCUT2D eigenvalue weighted by Crippen LogP contribution is -1.98. The van der Waals surface area contributed by atoms with E-state index >= 15 is 0 Å². The number of H-pyrrole nitrogens is 1. The number of ether oxygens (including phenoxy) is 3. The Kier molecular flexibility index (Phi) is 4.97. The first-order valence-corrected chi connectivity index (χ1v) is 10.2. The summed E-state index contributed by atoms with van der Waals surface area (Å²) in [5.74, 6) is 2.84. The van der Waals surface area contributed by atoms with Crippen LogP contribution in [0.1, 0.15) is 5.01 Å². The van der Waals surface area contributed by atoms with E-state index in [1.807, 2.05) is 54.6 Å². The van der Waals surface area contributed by atoms with Gasteiger partial charge in [0.25, 0.3) is 0 Å². The molecule has 0 amide bonds. The van der Waals surface area contributed by atoms with Crippen LogP contribution in [0.25, 0.3) is 27.7 Å². The third-order valence-electron chi connectivity index (χ3n) is 4.64. The summed E-state index contributed by atoms with van der Waals surface area (Å²) in [4.78, 5) is 0.680. The molecule has 0 atom stereocenters. The van der Waals surface area contributed by atoms with Crippen molar-refractivity contribution in [1.29, 1.82) is 0 Å². The Labute approximate surface area is 181 Å². The van der Waals surface area contributed by atoms with Gasteiger partial charge in [-0.2, -0.15) is 14.7 Å². The van der Waals surface area contributed by atoms with Crippen LogP contribution in [0, 0.1) is 0 Å². The van der Waals surface area contributed by atoms with Crippen LogP contribution in [0.2, 0.25) is 0 Å². The normalized spacial score (nSPS) is 11.0. The number of rotatable bonds is 7. The highest BCUT2D eigenvalue weighted by Crippen LogP contribution is 2.26. The second-order valence-electron chi connectivity index (χ2n) is 6.58. The molecule has 0 saturated carbocycles. The molecule has 0 unspecified atom stereocenters. The molecular weight excluding hydrogens is 416 g/mol. The maximum Gasteiger partial charge on any atom is 0.235 e. The van der Waals surface area contributed by atoms with E-state index in [-0.39, 0.29) is 0 Å². The van der Waals surface area contributed by atoms with E-state index in [1.165, 1.54) is 11.3 Å². The molecule has 3 aromatic heterocycles. The number of nitrogens with one attached hydrogen (secondary N) is 1. The number of hydrogen-bond donors (Lipinski definition) is 1. The lowest BCUT2D eigenvalue weighted by atomic mass is 10.1. The van der Waals surface area contributed by atoms with E-state index in [9.17, 15) is 0 Å². The molecule has 0 aliphatic carbocycles. The molecule has 0 bridgehead atoms. The van der Waals surface area contributed by atoms with Gasteiger partial charge in [0, 0.05) is 11.6 Å². The molecule has 156 valence electrons. The highest BCUT2D eigenvalue weighted by atomic mass is 32.1. The number of nitrogens with zero attached hydrogens (tertiary/aromatic N) is 5. The zero-order valence-electron chi connectivity index (χ0n) is 16.8. The van der Waals surface area contributed by atoms with Crippen molar-refractivity contribution in [1.82, 2.24) is 30.0 Å². The molecule has 0 fully saturated rings. The van der Waals surface area contributed by atoms with Crippen LogP contribution in [0.4, 0.5) is 0 Å². The van der Waals surface area contributed by atoms with Crippen molar-refractivity contribution < 1.29 is 14.2 Å². The SMILES string of the molecule is COc1ccc(-c2cc(-c3nnc4sc(COc5cccc(OC)c5)nn34)[nH]n2)cc1. The molecule has 5 aromatic rings. The molecule has 3 heterocycles.